The molecule has 20 heavy (non-hydrogen) atoms. The highest BCUT2D eigenvalue weighted by atomic mass is 35.5. The van der Waals surface area contributed by atoms with E-state index >= 15 is 0 Å². The van der Waals surface area contributed by atoms with Crippen LogP contribution in [0.15, 0.2) is 28.7 Å². The van der Waals surface area contributed by atoms with Crippen LogP contribution < -0.4 is 5.32 Å². The number of benzene rings is 1. The van der Waals surface area contributed by atoms with Crippen molar-refractivity contribution in [2.45, 2.75) is 39.2 Å². The van der Waals surface area contributed by atoms with Gasteiger partial charge >= 0.3 is 0 Å². The normalized spacial score (nSPS) is 11.8. The number of aromatic nitrogens is 2. The number of hydrogen-bond donors (Lipinski definition) is 1. The number of nitrogens with zero attached hydrogens (tertiary/aromatic N) is 2. The Morgan fingerprint density at radius 3 is 2.50 bits per heavy atom. The SMILES string of the molecule is CC(C)(C)NCCCc1nnc(-c2ccc(Cl)cc2)o1. The van der Waals surface area contributed by atoms with Crippen molar-refractivity contribution in [2.24, 2.45) is 0 Å². The van der Waals surface area contributed by atoms with Gasteiger partial charge in [-0.1, -0.05) is 11.6 Å². The molecule has 2 rings (SSSR count). The van der Waals surface area contributed by atoms with Crippen LogP contribution in [0.5, 0.6) is 0 Å². The van der Waals surface area contributed by atoms with Crippen molar-refractivity contribution in [3.63, 3.8) is 0 Å². The summed E-state index contributed by atoms with van der Waals surface area (Å²) in [5.74, 6) is 1.21. The van der Waals surface area contributed by atoms with E-state index in [1.165, 1.54) is 0 Å². The molecule has 0 saturated heterocycles. The maximum absolute atomic E-state index is 5.85. The molecule has 0 aliphatic rings. The summed E-state index contributed by atoms with van der Waals surface area (Å²) >= 11 is 5.85. The maximum Gasteiger partial charge on any atom is 0.247 e. The highest BCUT2D eigenvalue weighted by Gasteiger charge is 2.10. The van der Waals surface area contributed by atoms with Gasteiger partial charge < -0.3 is 9.73 Å². The van der Waals surface area contributed by atoms with Gasteiger partial charge in [0.15, 0.2) is 0 Å². The van der Waals surface area contributed by atoms with E-state index in [0.29, 0.717) is 16.8 Å². The Hall–Kier alpha value is -1.39. The summed E-state index contributed by atoms with van der Waals surface area (Å²) < 4.78 is 5.65. The minimum atomic E-state index is 0.142. The molecule has 1 N–H and O–H groups in total. The lowest BCUT2D eigenvalue weighted by atomic mass is 10.1. The summed E-state index contributed by atoms with van der Waals surface area (Å²) in [7, 11) is 0. The second-order valence-corrected chi connectivity index (χ2v) is 6.22. The van der Waals surface area contributed by atoms with E-state index in [4.69, 9.17) is 16.0 Å². The summed E-state index contributed by atoms with van der Waals surface area (Å²) in [5.41, 5.74) is 1.03. The van der Waals surface area contributed by atoms with Gasteiger partial charge in [0.2, 0.25) is 11.8 Å². The summed E-state index contributed by atoms with van der Waals surface area (Å²) in [6.07, 6.45) is 1.75. The number of rotatable bonds is 5. The number of nitrogens with one attached hydrogen (secondary N) is 1. The van der Waals surface area contributed by atoms with Gasteiger partial charge in [0, 0.05) is 22.5 Å². The second kappa shape index (κ2) is 6.37. The molecular formula is C15H20ClN3O. The van der Waals surface area contributed by atoms with Crippen molar-refractivity contribution in [1.29, 1.82) is 0 Å². The van der Waals surface area contributed by atoms with Crippen LogP contribution in [0.25, 0.3) is 11.5 Å². The number of aryl methyl sites for hydroxylation is 1. The fraction of sp³-hybridized carbons (Fsp3) is 0.467. The highest BCUT2D eigenvalue weighted by Crippen LogP contribution is 2.20. The fourth-order valence-electron chi connectivity index (χ4n) is 1.77. The van der Waals surface area contributed by atoms with E-state index in [9.17, 15) is 0 Å². The Labute approximate surface area is 124 Å². The van der Waals surface area contributed by atoms with Gasteiger partial charge in [0.05, 0.1) is 0 Å². The smallest absolute Gasteiger partial charge is 0.247 e. The molecule has 1 heterocycles. The maximum atomic E-state index is 5.85. The minimum Gasteiger partial charge on any atom is -0.421 e. The molecule has 0 bridgehead atoms. The third-order valence-electron chi connectivity index (χ3n) is 2.78. The predicted molar refractivity (Wildman–Crippen MR) is 80.8 cm³/mol. The first-order valence-electron chi connectivity index (χ1n) is 6.77. The average Bonchev–Trinajstić information content (AvgIpc) is 2.83. The molecule has 5 heteroatoms. The van der Waals surface area contributed by atoms with Gasteiger partial charge in [-0.3, -0.25) is 0 Å². The van der Waals surface area contributed by atoms with E-state index in [1.54, 1.807) is 0 Å². The fourth-order valence-corrected chi connectivity index (χ4v) is 1.89. The van der Waals surface area contributed by atoms with Crippen LogP contribution in [0.1, 0.15) is 33.1 Å². The van der Waals surface area contributed by atoms with Crippen molar-refractivity contribution in [1.82, 2.24) is 15.5 Å². The topological polar surface area (TPSA) is 51.0 Å². The summed E-state index contributed by atoms with van der Waals surface area (Å²) in [6.45, 7) is 7.39. The Morgan fingerprint density at radius 2 is 1.85 bits per heavy atom. The molecule has 0 amide bonds. The molecule has 0 radical (unpaired) electrons. The Kier molecular flexibility index (Phi) is 4.78. The zero-order valence-electron chi connectivity index (χ0n) is 12.1. The summed E-state index contributed by atoms with van der Waals surface area (Å²) in [5, 5.41) is 12.3. The molecule has 0 aliphatic carbocycles. The summed E-state index contributed by atoms with van der Waals surface area (Å²) in [4.78, 5) is 0. The van der Waals surface area contributed by atoms with E-state index < -0.39 is 0 Å². The monoisotopic (exact) mass is 293 g/mol. The molecule has 2 aromatic rings. The molecule has 0 fully saturated rings. The summed E-state index contributed by atoms with van der Waals surface area (Å²) in [6, 6.07) is 7.38. The molecular weight excluding hydrogens is 274 g/mol. The van der Waals surface area contributed by atoms with Crippen molar-refractivity contribution in [2.75, 3.05) is 6.54 Å². The largest absolute Gasteiger partial charge is 0.421 e. The van der Waals surface area contributed by atoms with E-state index in [-0.39, 0.29) is 5.54 Å². The Morgan fingerprint density at radius 1 is 1.15 bits per heavy atom. The molecule has 1 aromatic carbocycles. The van der Waals surface area contributed by atoms with Crippen LogP contribution in [-0.2, 0) is 6.42 Å². The molecule has 0 atom stereocenters. The first-order chi connectivity index (χ1) is 9.44. The second-order valence-electron chi connectivity index (χ2n) is 5.79. The standard InChI is InChI=1S/C15H20ClN3O/c1-15(2,3)17-10-4-5-13-18-19-14(20-13)11-6-8-12(16)9-7-11/h6-9,17H,4-5,10H2,1-3H3. The van der Waals surface area contributed by atoms with Gasteiger partial charge in [-0.25, -0.2) is 0 Å². The minimum absolute atomic E-state index is 0.142. The van der Waals surface area contributed by atoms with E-state index in [1.807, 2.05) is 24.3 Å². The number of hydrogen-bond acceptors (Lipinski definition) is 4. The van der Waals surface area contributed by atoms with E-state index in [0.717, 1.165) is 24.9 Å². The van der Waals surface area contributed by atoms with Crippen LogP contribution in [0, 0.1) is 0 Å². The third-order valence-corrected chi connectivity index (χ3v) is 3.03. The molecule has 4 nitrogen and oxygen atoms in total. The van der Waals surface area contributed by atoms with Crippen molar-refractivity contribution in [3.05, 3.63) is 35.2 Å². The van der Waals surface area contributed by atoms with Crippen molar-refractivity contribution < 1.29 is 4.42 Å². The lowest BCUT2D eigenvalue weighted by Crippen LogP contribution is -2.36. The molecule has 0 aliphatic heterocycles. The predicted octanol–water partition coefficient (Wildman–Crippen LogP) is 3.71. The highest BCUT2D eigenvalue weighted by molar-refractivity contribution is 6.30. The van der Waals surface area contributed by atoms with Gasteiger partial charge in [0.25, 0.3) is 0 Å². The first-order valence-corrected chi connectivity index (χ1v) is 7.15. The van der Waals surface area contributed by atoms with Crippen LogP contribution in [0.3, 0.4) is 0 Å². The van der Waals surface area contributed by atoms with Gasteiger partial charge in [-0.2, -0.15) is 0 Å². The molecule has 108 valence electrons. The quantitative estimate of drug-likeness (QED) is 0.854. The Bertz CT molecular complexity index is 543. The van der Waals surface area contributed by atoms with E-state index in [2.05, 4.69) is 36.3 Å². The third kappa shape index (κ3) is 4.62. The number of halogens is 1. The van der Waals surface area contributed by atoms with Crippen LogP contribution in [-0.4, -0.2) is 22.3 Å². The zero-order chi connectivity index (χ0) is 14.6. The average molecular weight is 294 g/mol. The Balaban J connectivity index is 1.88. The van der Waals surface area contributed by atoms with Crippen molar-refractivity contribution in [3.8, 4) is 11.5 Å². The lowest BCUT2D eigenvalue weighted by Gasteiger charge is -2.19. The lowest BCUT2D eigenvalue weighted by molar-refractivity contribution is 0.412. The molecule has 0 saturated carbocycles. The van der Waals surface area contributed by atoms with Gasteiger partial charge in [-0.05, 0) is 58.0 Å². The van der Waals surface area contributed by atoms with Crippen molar-refractivity contribution >= 4 is 11.6 Å². The molecule has 0 spiro atoms. The van der Waals surface area contributed by atoms with Gasteiger partial charge in [-0.15, -0.1) is 10.2 Å². The van der Waals surface area contributed by atoms with Crippen LogP contribution in [0.4, 0.5) is 0 Å². The first kappa shape index (κ1) is 15.0. The molecule has 1 aromatic heterocycles. The van der Waals surface area contributed by atoms with Crippen LogP contribution >= 0.6 is 11.6 Å². The van der Waals surface area contributed by atoms with Crippen LogP contribution in [0.2, 0.25) is 5.02 Å². The molecule has 0 unspecified atom stereocenters. The van der Waals surface area contributed by atoms with Gasteiger partial charge in [0.1, 0.15) is 0 Å². The zero-order valence-corrected chi connectivity index (χ0v) is 12.9.